The van der Waals surface area contributed by atoms with Crippen molar-refractivity contribution in [1.82, 2.24) is 9.55 Å². The molecular formula is C9H12FN2O8PS. The number of aliphatic hydroxyl groups is 2. The van der Waals surface area contributed by atoms with E-state index in [-0.39, 0.29) is 0 Å². The van der Waals surface area contributed by atoms with Crippen molar-refractivity contribution in [3.63, 3.8) is 0 Å². The summed E-state index contributed by atoms with van der Waals surface area (Å²) >= 11 is 4.18. The predicted octanol–water partition coefficient (Wildman–Crippen LogP) is -2.32. The second kappa shape index (κ2) is 5.91. The minimum Gasteiger partial charge on any atom is -0.384 e. The number of alkyl halides is 1. The molecule has 0 radical (unpaired) electrons. The van der Waals surface area contributed by atoms with Crippen LogP contribution in [0.25, 0.3) is 0 Å². The number of nitrogens with one attached hydrogen (secondary N) is 1. The maximum atomic E-state index is 14.2. The first-order valence-electron chi connectivity index (χ1n) is 5.79. The van der Waals surface area contributed by atoms with Gasteiger partial charge in [-0.05, 0) is 11.8 Å². The van der Waals surface area contributed by atoms with Crippen LogP contribution < -0.4 is 11.2 Å². The minimum atomic E-state index is -4.07. The molecule has 124 valence electrons. The van der Waals surface area contributed by atoms with Gasteiger partial charge in [-0.25, -0.2) is 9.18 Å². The van der Waals surface area contributed by atoms with E-state index in [1.54, 1.807) is 0 Å². The van der Waals surface area contributed by atoms with Gasteiger partial charge in [0, 0.05) is 12.3 Å². The summed E-state index contributed by atoms with van der Waals surface area (Å²) < 4.78 is 24.2. The number of hydrogen-bond acceptors (Lipinski definition) is 7. The number of H-pyrrole nitrogens is 1. The van der Waals surface area contributed by atoms with Crippen LogP contribution in [-0.4, -0.2) is 54.2 Å². The van der Waals surface area contributed by atoms with E-state index in [9.17, 15) is 24.2 Å². The molecule has 2 rings (SSSR count). The summed E-state index contributed by atoms with van der Waals surface area (Å²) in [6.45, 7) is -4.80. The van der Waals surface area contributed by atoms with Crippen molar-refractivity contribution < 1.29 is 33.7 Å². The molecule has 0 bridgehead atoms. The Hall–Kier alpha value is -0.980. The molecule has 0 spiro atoms. The van der Waals surface area contributed by atoms with Crippen molar-refractivity contribution >= 4 is 18.5 Å². The van der Waals surface area contributed by atoms with Crippen molar-refractivity contribution in [2.75, 3.05) is 6.61 Å². The van der Waals surface area contributed by atoms with Gasteiger partial charge in [-0.15, -0.1) is 0 Å². The van der Waals surface area contributed by atoms with E-state index < -0.39 is 48.9 Å². The summed E-state index contributed by atoms with van der Waals surface area (Å²) in [4.78, 5) is 42.2. The van der Waals surface area contributed by atoms with E-state index in [4.69, 9.17) is 14.5 Å². The Bertz CT molecular complexity index is 714. The fourth-order valence-electron chi connectivity index (χ4n) is 1.92. The molecule has 0 unspecified atom stereocenters. The van der Waals surface area contributed by atoms with E-state index in [0.717, 1.165) is 12.3 Å². The third kappa shape index (κ3) is 3.50. The van der Waals surface area contributed by atoms with Gasteiger partial charge in [0.15, 0.2) is 6.23 Å². The molecule has 0 amide bonds. The van der Waals surface area contributed by atoms with Crippen LogP contribution in [0.1, 0.15) is 6.23 Å². The SMILES string of the molecule is O=c1ccn([C@@H]2O[C@H](COP(O)(O)=S)[C@@H](O)[C@]2(O)F)c(=O)[nH]1. The van der Waals surface area contributed by atoms with Gasteiger partial charge >= 0.3 is 12.4 Å². The van der Waals surface area contributed by atoms with Crippen LogP contribution in [0.5, 0.6) is 0 Å². The summed E-state index contributed by atoms with van der Waals surface area (Å²) in [5.74, 6) is -3.39. The van der Waals surface area contributed by atoms with Crippen LogP contribution in [0.3, 0.4) is 0 Å². The molecule has 0 aromatic carbocycles. The maximum Gasteiger partial charge on any atom is 0.330 e. The normalized spacial score (nSPS) is 32.3. The minimum absolute atomic E-state index is 0.526. The lowest BCUT2D eigenvalue weighted by Gasteiger charge is -2.23. The van der Waals surface area contributed by atoms with Gasteiger partial charge in [-0.2, -0.15) is 0 Å². The summed E-state index contributed by atoms with van der Waals surface area (Å²) in [5, 5.41) is 19.4. The Labute approximate surface area is 126 Å². The molecule has 0 saturated carbocycles. The zero-order valence-electron chi connectivity index (χ0n) is 10.7. The molecule has 1 aliphatic heterocycles. The topological polar surface area (TPSA) is 154 Å². The van der Waals surface area contributed by atoms with Gasteiger partial charge in [0.25, 0.3) is 11.4 Å². The Morgan fingerprint density at radius 1 is 1.55 bits per heavy atom. The number of halogens is 1. The fraction of sp³-hybridized carbons (Fsp3) is 0.556. The van der Waals surface area contributed by atoms with Crippen LogP contribution in [0.4, 0.5) is 4.39 Å². The average Bonchev–Trinajstić information content (AvgIpc) is 2.59. The molecule has 5 N–H and O–H groups in total. The highest BCUT2D eigenvalue weighted by atomic mass is 32.5. The first kappa shape index (κ1) is 17.4. The predicted molar refractivity (Wildman–Crippen MR) is 72.0 cm³/mol. The maximum absolute atomic E-state index is 14.2. The van der Waals surface area contributed by atoms with Gasteiger partial charge in [0.2, 0.25) is 0 Å². The van der Waals surface area contributed by atoms with Crippen molar-refractivity contribution in [3.05, 3.63) is 33.1 Å². The van der Waals surface area contributed by atoms with Gasteiger partial charge < -0.3 is 29.3 Å². The second-order valence-corrected chi connectivity index (χ2v) is 7.17. The largest absolute Gasteiger partial charge is 0.384 e. The quantitative estimate of drug-likeness (QED) is 0.373. The van der Waals surface area contributed by atoms with Crippen LogP contribution in [0, 0.1) is 0 Å². The fourth-order valence-corrected chi connectivity index (χ4v) is 2.44. The number of ether oxygens (including phenoxy) is 1. The summed E-state index contributed by atoms with van der Waals surface area (Å²) in [5.41, 5.74) is -1.82. The molecule has 1 fully saturated rings. The van der Waals surface area contributed by atoms with Gasteiger partial charge in [-0.1, -0.05) is 0 Å². The highest BCUT2D eigenvalue weighted by Gasteiger charge is 2.58. The van der Waals surface area contributed by atoms with Crippen LogP contribution >= 0.6 is 6.72 Å². The van der Waals surface area contributed by atoms with E-state index in [1.807, 2.05) is 4.98 Å². The average molecular weight is 358 g/mol. The van der Waals surface area contributed by atoms with Crippen molar-refractivity contribution in [1.29, 1.82) is 0 Å². The summed E-state index contributed by atoms with van der Waals surface area (Å²) in [6, 6.07) is 0.887. The molecule has 2 heterocycles. The van der Waals surface area contributed by atoms with Crippen molar-refractivity contribution in [2.24, 2.45) is 0 Å². The van der Waals surface area contributed by atoms with E-state index in [1.165, 1.54) is 0 Å². The molecule has 1 aromatic rings. The Balaban J connectivity index is 2.28. The summed E-state index contributed by atoms with van der Waals surface area (Å²) in [6.07, 6.45) is -4.79. The van der Waals surface area contributed by atoms with E-state index >= 15 is 0 Å². The first-order chi connectivity index (χ1) is 10.0. The summed E-state index contributed by atoms with van der Waals surface area (Å²) in [7, 11) is 0. The van der Waals surface area contributed by atoms with Gasteiger partial charge in [0.1, 0.15) is 12.2 Å². The third-order valence-electron chi connectivity index (χ3n) is 2.93. The molecular weight excluding hydrogens is 346 g/mol. The number of aromatic amines is 1. The van der Waals surface area contributed by atoms with Crippen LogP contribution in [0.2, 0.25) is 0 Å². The molecule has 4 atom stereocenters. The van der Waals surface area contributed by atoms with Crippen molar-refractivity contribution in [3.8, 4) is 0 Å². The molecule has 1 saturated heterocycles. The number of aromatic nitrogens is 2. The highest BCUT2D eigenvalue weighted by molar-refractivity contribution is 8.06. The number of aliphatic hydroxyl groups excluding tert-OH is 1. The molecule has 1 aromatic heterocycles. The standard InChI is InChI=1S/C9H12FN2O8PS/c10-9(16)6(14)4(3-19-21(17,18)22)20-7(9)12-2-1-5(13)11-8(12)15/h1-2,4,6-7,14,16H,3H2,(H,11,13,15)(H2,17,18,22)/t4-,6-,7-,9-/m1/s1. The molecule has 1 aliphatic rings. The van der Waals surface area contributed by atoms with E-state index in [2.05, 4.69) is 16.3 Å². The molecule has 13 heteroatoms. The molecule has 10 nitrogen and oxygen atoms in total. The number of rotatable bonds is 4. The second-order valence-electron chi connectivity index (χ2n) is 4.50. The number of hydrogen-bond donors (Lipinski definition) is 5. The Kier molecular flexibility index (Phi) is 4.66. The Morgan fingerprint density at radius 3 is 2.73 bits per heavy atom. The third-order valence-corrected chi connectivity index (χ3v) is 3.73. The Morgan fingerprint density at radius 2 is 2.18 bits per heavy atom. The van der Waals surface area contributed by atoms with Gasteiger partial charge in [0.05, 0.1) is 6.61 Å². The highest BCUT2D eigenvalue weighted by Crippen LogP contribution is 2.42. The number of nitrogens with zero attached hydrogens (tertiary/aromatic N) is 1. The first-order valence-corrected chi connectivity index (χ1v) is 8.41. The van der Waals surface area contributed by atoms with Crippen LogP contribution in [0.15, 0.2) is 21.9 Å². The van der Waals surface area contributed by atoms with Crippen LogP contribution in [-0.2, 0) is 21.1 Å². The zero-order valence-corrected chi connectivity index (χ0v) is 12.4. The van der Waals surface area contributed by atoms with Gasteiger partial charge in [-0.3, -0.25) is 14.3 Å². The van der Waals surface area contributed by atoms with Crippen molar-refractivity contribution in [2.45, 2.75) is 24.3 Å². The zero-order chi connectivity index (χ0) is 16.7. The smallest absolute Gasteiger partial charge is 0.330 e. The van der Waals surface area contributed by atoms with E-state index in [0.29, 0.717) is 4.57 Å². The molecule has 22 heavy (non-hydrogen) atoms. The lowest BCUT2D eigenvalue weighted by Crippen LogP contribution is -2.45. The lowest BCUT2D eigenvalue weighted by molar-refractivity contribution is -0.197. The molecule has 0 aliphatic carbocycles. The lowest BCUT2D eigenvalue weighted by atomic mass is 10.1. The monoisotopic (exact) mass is 358 g/mol.